The third-order valence-electron chi connectivity index (χ3n) is 3.83. The second-order valence-corrected chi connectivity index (χ2v) is 5.21. The van der Waals surface area contributed by atoms with Crippen molar-refractivity contribution in [3.05, 3.63) is 47.0 Å². The monoisotopic (exact) mass is 290 g/mol. The Morgan fingerprint density at radius 1 is 1.05 bits per heavy atom. The SMILES string of the molecule is CCCCOc1ccc2c(c1F)Cc1c-2ccc(O)c1F. The third kappa shape index (κ3) is 2.24. The maximum Gasteiger partial charge on any atom is 0.169 e. The molecule has 2 aromatic carbocycles. The molecule has 0 fully saturated rings. The Morgan fingerprint density at radius 2 is 1.71 bits per heavy atom. The number of phenols is 1. The van der Waals surface area contributed by atoms with Gasteiger partial charge in [0.25, 0.3) is 0 Å². The van der Waals surface area contributed by atoms with Gasteiger partial charge < -0.3 is 9.84 Å². The first-order valence-electron chi connectivity index (χ1n) is 7.08. The number of halogens is 2. The number of rotatable bonds is 4. The highest BCUT2D eigenvalue weighted by Gasteiger charge is 2.27. The zero-order valence-electron chi connectivity index (χ0n) is 11.7. The summed E-state index contributed by atoms with van der Waals surface area (Å²) in [7, 11) is 0. The molecule has 4 heteroatoms. The summed E-state index contributed by atoms with van der Waals surface area (Å²) in [6, 6.07) is 6.26. The average Bonchev–Trinajstić information content (AvgIpc) is 2.86. The minimum absolute atomic E-state index is 0.141. The van der Waals surface area contributed by atoms with E-state index in [1.165, 1.54) is 6.07 Å². The van der Waals surface area contributed by atoms with Crippen LogP contribution in [0.15, 0.2) is 24.3 Å². The molecular formula is C17H16F2O2. The van der Waals surface area contributed by atoms with Gasteiger partial charge in [-0.2, -0.15) is 0 Å². The average molecular weight is 290 g/mol. The first-order valence-corrected chi connectivity index (χ1v) is 7.08. The highest BCUT2D eigenvalue weighted by atomic mass is 19.1. The number of hydrogen-bond donors (Lipinski definition) is 1. The van der Waals surface area contributed by atoms with Crippen LogP contribution in [-0.4, -0.2) is 11.7 Å². The van der Waals surface area contributed by atoms with Crippen molar-refractivity contribution in [2.45, 2.75) is 26.2 Å². The van der Waals surface area contributed by atoms with Crippen molar-refractivity contribution in [3.63, 3.8) is 0 Å². The second kappa shape index (κ2) is 5.35. The molecule has 0 saturated carbocycles. The van der Waals surface area contributed by atoms with Gasteiger partial charge in [0.1, 0.15) is 0 Å². The van der Waals surface area contributed by atoms with Crippen LogP contribution in [0.5, 0.6) is 11.5 Å². The number of ether oxygens (including phenoxy) is 1. The summed E-state index contributed by atoms with van der Waals surface area (Å²) in [4.78, 5) is 0. The van der Waals surface area contributed by atoms with E-state index in [0.717, 1.165) is 12.8 Å². The third-order valence-corrected chi connectivity index (χ3v) is 3.83. The van der Waals surface area contributed by atoms with Crippen molar-refractivity contribution in [1.29, 1.82) is 0 Å². The van der Waals surface area contributed by atoms with Gasteiger partial charge in [0.15, 0.2) is 23.1 Å². The molecule has 0 aromatic heterocycles. The van der Waals surface area contributed by atoms with Crippen LogP contribution in [0.2, 0.25) is 0 Å². The molecule has 2 aromatic rings. The maximum atomic E-state index is 14.5. The Hall–Kier alpha value is -2.10. The van der Waals surface area contributed by atoms with Gasteiger partial charge in [-0.15, -0.1) is 0 Å². The summed E-state index contributed by atoms with van der Waals surface area (Å²) in [5.74, 6) is -1.30. The van der Waals surface area contributed by atoms with Crippen molar-refractivity contribution in [2.24, 2.45) is 0 Å². The van der Waals surface area contributed by atoms with E-state index in [1.807, 2.05) is 6.92 Å². The van der Waals surface area contributed by atoms with Crippen LogP contribution >= 0.6 is 0 Å². The predicted octanol–water partition coefficient (Wildman–Crippen LogP) is 4.42. The fraction of sp³-hybridized carbons (Fsp3) is 0.294. The Labute approximate surface area is 122 Å². The van der Waals surface area contributed by atoms with Crippen LogP contribution < -0.4 is 4.74 Å². The Morgan fingerprint density at radius 3 is 2.43 bits per heavy atom. The number of benzene rings is 2. The molecule has 0 bridgehead atoms. The van der Waals surface area contributed by atoms with E-state index in [4.69, 9.17) is 4.74 Å². The molecule has 0 unspecified atom stereocenters. The van der Waals surface area contributed by atoms with E-state index in [0.29, 0.717) is 28.9 Å². The molecular weight excluding hydrogens is 274 g/mol. The summed E-state index contributed by atoms with van der Waals surface area (Å²) in [6.45, 7) is 2.50. The van der Waals surface area contributed by atoms with Crippen LogP contribution in [0.4, 0.5) is 8.78 Å². The number of aromatic hydroxyl groups is 1. The maximum absolute atomic E-state index is 14.5. The molecule has 0 heterocycles. The Bertz CT molecular complexity index is 696. The van der Waals surface area contributed by atoms with Crippen molar-refractivity contribution in [2.75, 3.05) is 6.61 Å². The van der Waals surface area contributed by atoms with Crippen LogP contribution in [0.25, 0.3) is 11.1 Å². The smallest absolute Gasteiger partial charge is 0.169 e. The summed E-state index contributed by atoms with van der Waals surface area (Å²) in [5.41, 5.74) is 2.08. The molecule has 2 nitrogen and oxygen atoms in total. The molecule has 21 heavy (non-hydrogen) atoms. The molecule has 1 aliphatic rings. The second-order valence-electron chi connectivity index (χ2n) is 5.21. The van der Waals surface area contributed by atoms with Gasteiger partial charge in [-0.1, -0.05) is 25.5 Å². The van der Waals surface area contributed by atoms with Gasteiger partial charge in [-0.25, -0.2) is 8.78 Å². The van der Waals surface area contributed by atoms with Crippen LogP contribution in [0.1, 0.15) is 30.9 Å². The molecule has 0 atom stereocenters. The van der Waals surface area contributed by atoms with Gasteiger partial charge >= 0.3 is 0 Å². The molecule has 110 valence electrons. The number of hydrogen-bond acceptors (Lipinski definition) is 2. The zero-order chi connectivity index (χ0) is 15.0. The van der Waals surface area contributed by atoms with E-state index in [9.17, 15) is 13.9 Å². The minimum atomic E-state index is -0.670. The number of phenolic OH excluding ortho intramolecular Hbond substituents is 1. The van der Waals surface area contributed by atoms with E-state index in [1.54, 1.807) is 18.2 Å². The fourth-order valence-electron chi connectivity index (χ4n) is 2.67. The molecule has 1 N–H and O–H groups in total. The molecule has 1 aliphatic carbocycles. The van der Waals surface area contributed by atoms with Gasteiger partial charge in [-0.3, -0.25) is 0 Å². The summed E-state index contributed by atoms with van der Waals surface area (Å²) in [5, 5.41) is 9.44. The molecule has 0 spiro atoms. The summed E-state index contributed by atoms with van der Waals surface area (Å²) >= 11 is 0. The Balaban J connectivity index is 1.98. The lowest BCUT2D eigenvalue weighted by atomic mass is 10.0. The lowest BCUT2D eigenvalue weighted by Gasteiger charge is -2.09. The predicted molar refractivity (Wildman–Crippen MR) is 76.7 cm³/mol. The van der Waals surface area contributed by atoms with Crippen molar-refractivity contribution in [3.8, 4) is 22.6 Å². The normalized spacial score (nSPS) is 12.1. The topological polar surface area (TPSA) is 29.5 Å². The largest absolute Gasteiger partial charge is 0.505 e. The Kier molecular flexibility index (Phi) is 3.53. The highest BCUT2D eigenvalue weighted by Crippen LogP contribution is 2.43. The van der Waals surface area contributed by atoms with Gasteiger partial charge in [0, 0.05) is 17.5 Å². The highest BCUT2D eigenvalue weighted by molar-refractivity contribution is 5.78. The van der Waals surface area contributed by atoms with Crippen molar-refractivity contribution >= 4 is 0 Å². The lowest BCUT2D eigenvalue weighted by molar-refractivity contribution is 0.293. The van der Waals surface area contributed by atoms with E-state index < -0.39 is 17.4 Å². The van der Waals surface area contributed by atoms with Crippen LogP contribution in [-0.2, 0) is 6.42 Å². The lowest BCUT2D eigenvalue weighted by Crippen LogP contribution is -2.00. The quantitative estimate of drug-likeness (QED) is 0.721. The number of unbranched alkanes of at least 4 members (excludes halogenated alkanes) is 1. The minimum Gasteiger partial charge on any atom is -0.505 e. The van der Waals surface area contributed by atoms with Gasteiger partial charge in [0.2, 0.25) is 0 Å². The standard InChI is InChI=1S/C17H16F2O2/c1-2-3-8-21-15-7-5-11-10-4-6-14(20)16(18)12(10)9-13(11)17(15)19/h4-7,20H,2-3,8-9H2,1H3. The van der Waals surface area contributed by atoms with Crippen molar-refractivity contribution < 1.29 is 18.6 Å². The van der Waals surface area contributed by atoms with Gasteiger partial charge in [0.05, 0.1) is 6.61 Å². The summed E-state index contributed by atoms with van der Waals surface area (Å²) < 4.78 is 33.9. The van der Waals surface area contributed by atoms with Crippen LogP contribution in [0, 0.1) is 11.6 Å². The first kappa shape index (κ1) is 13.9. The molecule has 0 radical (unpaired) electrons. The fourth-order valence-corrected chi connectivity index (χ4v) is 2.67. The molecule has 0 aliphatic heterocycles. The molecule has 0 saturated heterocycles. The number of fused-ring (bicyclic) bond motifs is 3. The van der Waals surface area contributed by atoms with E-state index in [2.05, 4.69) is 0 Å². The van der Waals surface area contributed by atoms with Crippen LogP contribution in [0.3, 0.4) is 0 Å². The van der Waals surface area contributed by atoms with E-state index >= 15 is 0 Å². The summed E-state index contributed by atoms with van der Waals surface area (Å²) in [6.07, 6.45) is 1.98. The molecule has 0 amide bonds. The van der Waals surface area contributed by atoms with Gasteiger partial charge in [-0.05, 0) is 29.7 Å². The molecule has 3 rings (SSSR count). The zero-order valence-corrected chi connectivity index (χ0v) is 11.7. The first-order chi connectivity index (χ1) is 10.1. The van der Waals surface area contributed by atoms with Crippen molar-refractivity contribution in [1.82, 2.24) is 0 Å². The van der Waals surface area contributed by atoms with E-state index in [-0.39, 0.29) is 12.2 Å².